The van der Waals surface area contributed by atoms with Crippen molar-refractivity contribution in [3.05, 3.63) is 22.3 Å². The number of likely N-dealkylation sites (tertiary alicyclic amines) is 1. The van der Waals surface area contributed by atoms with Crippen molar-refractivity contribution in [2.45, 2.75) is 12.8 Å². The average molecular weight is 355 g/mol. The Kier molecular flexibility index (Phi) is 5.58. The summed E-state index contributed by atoms with van der Waals surface area (Å²) in [6, 6.07) is 1.84. The molecular weight excluding hydrogens is 332 g/mol. The fourth-order valence-corrected chi connectivity index (χ4v) is 3.14. The highest BCUT2D eigenvalue weighted by Crippen LogP contribution is 2.23. The van der Waals surface area contributed by atoms with Gasteiger partial charge in [-0.2, -0.15) is 0 Å². The molecule has 1 aromatic rings. The smallest absolute Gasteiger partial charge is 0.257 e. The summed E-state index contributed by atoms with van der Waals surface area (Å²) in [5.74, 6) is 1.39. The molecule has 0 aromatic carbocycles. The van der Waals surface area contributed by atoms with Crippen molar-refractivity contribution < 1.29 is 4.79 Å². The van der Waals surface area contributed by atoms with E-state index in [0.29, 0.717) is 17.3 Å². The Morgan fingerprint density at radius 2 is 2.14 bits per heavy atom. The van der Waals surface area contributed by atoms with Crippen molar-refractivity contribution in [1.29, 1.82) is 0 Å². The molecule has 1 amide bonds. The van der Waals surface area contributed by atoms with Crippen molar-refractivity contribution in [2.24, 2.45) is 5.92 Å². The van der Waals surface area contributed by atoms with Gasteiger partial charge < -0.3 is 15.1 Å². The number of aromatic nitrogens is 1. The van der Waals surface area contributed by atoms with Crippen LogP contribution in [0.15, 0.2) is 16.7 Å². The fraction of sp³-hybridized carbons (Fsp3) is 0.600. The molecule has 0 atom stereocenters. The lowest BCUT2D eigenvalue weighted by molar-refractivity contribution is 0.0678. The van der Waals surface area contributed by atoms with Crippen LogP contribution in [0.3, 0.4) is 0 Å². The molecule has 0 aliphatic carbocycles. The van der Waals surface area contributed by atoms with E-state index in [-0.39, 0.29) is 5.91 Å². The standard InChI is InChI=1S/C15H23BrN4O/c1-17-14-13(8-12(16)9-18-14)15(21)20-6-4-11(5-7-20)10-19(2)3/h8-9,11H,4-7,10H2,1-3H3,(H,17,18). The molecule has 1 aliphatic heterocycles. The van der Waals surface area contributed by atoms with E-state index in [2.05, 4.69) is 45.2 Å². The van der Waals surface area contributed by atoms with E-state index >= 15 is 0 Å². The maximum absolute atomic E-state index is 12.7. The molecule has 1 saturated heterocycles. The number of halogens is 1. The number of nitrogens with zero attached hydrogens (tertiary/aromatic N) is 3. The highest BCUT2D eigenvalue weighted by atomic mass is 79.9. The first-order chi connectivity index (χ1) is 10.0. The average Bonchev–Trinajstić information content (AvgIpc) is 2.46. The van der Waals surface area contributed by atoms with Gasteiger partial charge in [0, 0.05) is 37.4 Å². The SMILES string of the molecule is CNc1ncc(Br)cc1C(=O)N1CCC(CN(C)C)CC1. The van der Waals surface area contributed by atoms with Gasteiger partial charge in [-0.25, -0.2) is 4.98 Å². The van der Waals surface area contributed by atoms with Gasteiger partial charge in [0.15, 0.2) is 0 Å². The molecule has 0 bridgehead atoms. The van der Waals surface area contributed by atoms with Gasteiger partial charge in [0.25, 0.3) is 5.91 Å². The molecule has 5 nitrogen and oxygen atoms in total. The van der Waals surface area contributed by atoms with Crippen molar-refractivity contribution in [2.75, 3.05) is 46.1 Å². The number of nitrogens with one attached hydrogen (secondary N) is 1. The number of carbonyl (C=O) groups is 1. The first-order valence-electron chi connectivity index (χ1n) is 7.28. The maximum Gasteiger partial charge on any atom is 0.257 e. The van der Waals surface area contributed by atoms with Crippen LogP contribution in [0.25, 0.3) is 0 Å². The molecule has 1 aromatic heterocycles. The molecule has 0 unspecified atom stereocenters. The van der Waals surface area contributed by atoms with E-state index in [9.17, 15) is 4.79 Å². The number of hydrogen-bond donors (Lipinski definition) is 1. The summed E-state index contributed by atoms with van der Waals surface area (Å²) >= 11 is 3.39. The summed E-state index contributed by atoms with van der Waals surface area (Å²) in [4.78, 5) is 21.1. The normalized spacial score (nSPS) is 16.3. The maximum atomic E-state index is 12.7. The number of rotatable bonds is 4. The van der Waals surface area contributed by atoms with Gasteiger partial charge in [0.2, 0.25) is 0 Å². The summed E-state index contributed by atoms with van der Waals surface area (Å²) in [7, 11) is 5.99. The highest BCUT2D eigenvalue weighted by Gasteiger charge is 2.25. The van der Waals surface area contributed by atoms with Gasteiger partial charge >= 0.3 is 0 Å². The van der Waals surface area contributed by atoms with Crippen LogP contribution in [0, 0.1) is 5.92 Å². The van der Waals surface area contributed by atoms with E-state index in [1.165, 1.54) is 0 Å². The zero-order valence-electron chi connectivity index (χ0n) is 12.9. The van der Waals surface area contributed by atoms with Crippen molar-refractivity contribution in [3.8, 4) is 0 Å². The number of hydrogen-bond acceptors (Lipinski definition) is 4. The number of piperidine rings is 1. The van der Waals surface area contributed by atoms with Crippen LogP contribution in [0.5, 0.6) is 0 Å². The van der Waals surface area contributed by atoms with Gasteiger partial charge in [-0.3, -0.25) is 4.79 Å². The number of pyridine rings is 1. The zero-order valence-corrected chi connectivity index (χ0v) is 14.5. The minimum Gasteiger partial charge on any atom is -0.372 e. The first kappa shape index (κ1) is 16.2. The monoisotopic (exact) mass is 354 g/mol. The molecule has 0 spiro atoms. The third kappa shape index (κ3) is 4.17. The molecule has 1 aliphatic rings. The summed E-state index contributed by atoms with van der Waals surface area (Å²) in [5.41, 5.74) is 0.637. The first-order valence-corrected chi connectivity index (χ1v) is 8.08. The minimum atomic E-state index is 0.0662. The number of amides is 1. The van der Waals surface area contributed by atoms with E-state index in [1.807, 2.05) is 11.0 Å². The molecule has 6 heteroatoms. The van der Waals surface area contributed by atoms with Crippen LogP contribution in [0.2, 0.25) is 0 Å². The molecule has 2 heterocycles. The van der Waals surface area contributed by atoms with E-state index in [4.69, 9.17) is 0 Å². The third-order valence-electron chi connectivity index (χ3n) is 3.85. The van der Waals surface area contributed by atoms with Gasteiger partial charge in [0.1, 0.15) is 5.82 Å². The Hall–Kier alpha value is -1.14. The molecule has 116 valence electrons. The van der Waals surface area contributed by atoms with E-state index in [1.54, 1.807) is 13.2 Å². The van der Waals surface area contributed by atoms with Gasteiger partial charge in [-0.1, -0.05) is 0 Å². The lowest BCUT2D eigenvalue weighted by atomic mass is 9.96. The Morgan fingerprint density at radius 1 is 1.48 bits per heavy atom. The highest BCUT2D eigenvalue weighted by molar-refractivity contribution is 9.10. The van der Waals surface area contributed by atoms with Crippen molar-refractivity contribution in [1.82, 2.24) is 14.8 Å². The van der Waals surface area contributed by atoms with Crippen molar-refractivity contribution >= 4 is 27.7 Å². The third-order valence-corrected chi connectivity index (χ3v) is 4.28. The fourth-order valence-electron chi connectivity index (χ4n) is 2.81. The van der Waals surface area contributed by atoms with Gasteiger partial charge in [-0.05, 0) is 54.9 Å². The number of anilines is 1. The molecule has 1 N–H and O–H groups in total. The van der Waals surface area contributed by atoms with E-state index < -0.39 is 0 Å². The van der Waals surface area contributed by atoms with E-state index in [0.717, 1.165) is 36.9 Å². The predicted octanol–water partition coefficient (Wildman–Crippen LogP) is 2.30. The lowest BCUT2D eigenvalue weighted by Gasteiger charge is -2.33. The molecule has 0 radical (unpaired) electrons. The Labute approximate surface area is 134 Å². The van der Waals surface area contributed by atoms with Crippen molar-refractivity contribution in [3.63, 3.8) is 0 Å². The molecule has 2 rings (SSSR count). The second-order valence-electron chi connectivity index (χ2n) is 5.80. The van der Waals surface area contributed by atoms with Crippen LogP contribution in [0.1, 0.15) is 23.2 Å². The topological polar surface area (TPSA) is 48.5 Å². The van der Waals surface area contributed by atoms with Crippen LogP contribution in [-0.4, -0.2) is 61.5 Å². The van der Waals surface area contributed by atoms with Crippen LogP contribution in [0.4, 0.5) is 5.82 Å². The summed E-state index contributed by atoms with van der Waals surface area (Å²) in [6.45, 7) is 2.75. The molecule has 0 saturated carbocycles. The predicted molar refractivity (Wildman–Crippen MR) is 88.7 cm³/mol. The Balaban J connectivity index is 2.03. The van der Waals surface area contributed by atoms with Crippen LogP contribution in [-0.2, 0) is 0 Å². The van der Waals surface area contributed by atoms with Crippen LogP contribution >= 0.6 is 15.9 Å². The molecular formula is C15H23BrN4O. The minimum absolute atomic E-state index is 0.0662. The van der Waals surface area contributed by atoms with Gasteiger partial charge in [0.05, 0.1) is 5.56 Å². The summed E-state index contributed by atoms with van der Waals surface area (Å²) in [5, 5.41) is 2.99. The second-order valence-corrected chi connectivity index (χ2v) is 6.71. The summed E-state index contributed by atoms with van der Waals surface area (Å²) < 4.78 is 0.826. The van der Waals surface area contributed by atoms with Crippen LogP contribution < -0.4 is 5.32 Å². The molecule has 1 fully saturated rings. The number of carbonyl (C=O) groups excluding carboxylic acids is 1. The summed E-state index contributed by atoms with van der Waals surface area (Å²) in [6.07, 6.45) is 3.84. The Bertz CT molecular complexity index is 498. The quantitative estimate of drug-likeness (QED) is 0.901. The zero-order chi connectivity index (χ0) is 15.4. The van der Waals surface area contributed by atoms with Gasteiger partial charge in [-0.15, -0.1) is 0 Å². The second kappa shape index (κ2) is 7.22. The largest absolute Gasteiger partial charge is 0.372 e. The lowest BCUT2D eigenvalue weighted by Crippen LogP contribution is -2.40. The molecule has 21 heavy (non-hydrogen) atoms. The Morgan fingerprint density at radius 3 is 2.71 bits per heavy atom.